The van der Waals surface area contributed by atoms with E-state index in [-0.39, 0.29) is 0 Å². The summed E-state index contributed by atoms with van der Waals surface area (Å²) in [5.74, 6) is 1.08. The largest absolute Gasteiger partial charge is 0.456 e. The number of hydrogen-bond donors (Lipinski definition) is 0. The minimum absolute atomic E-state index is 0.484. The van der Waals surface area contributed by atoms with Crippen molar-refractivity contribution in [2.24, 2.45) is 15.0 Å². The summed E-state index contributed by atoms with van der Waals surface area (Å²) < 4.78 is 6.50. The summed E-state index contributed by atoms with van der Waals surface area (Å²) in [7, 11) is 0. The molecule has 2 aliphatic rings. The topological polar surface area (TPSA) is 50.2 Å². The molecule has 234 valence electrons. The number of benzene rings is 5. The summed E-state index contributed by atoms with van der Waals surface area (Å²) in [6.07, 6.45) is 11.7. The van der Waals surface area contributed by atoms with Crippen molar-refractivity contribution in [1.82, 2.24) is 0 Å². The van der Waals surface area contributed by atoms with Gasteiger partial charge in [0.15, 0.2) is 11.7 Å². The van der Waals surface area contributed by atoms with Crippen LogP contribution in [0.25, 0.3) is 38.7 Å². The molecular weight excluding hydrogens is 599 g/mol. The molecule has 0 spiro atoms. The Kier molecular flexibility index (Phi) is 7.96. The molecule has 0 radical (unpaired) electrons. The fourth-order valence-corrected chi connectivity index (χ4v) is 6.67. The van der Waals surface area contributed by atoms with E-state index in [2.05, 4.69) is 103 Å². The Morgan fingerprint density at radius 1 is 0.694 bits per heavy atom. The molecule has 0 unspecified atom stereocenters. The lowest BCUT2D eigenvalue weighted by atomic mass is 9.95. The van der Waals surface area contributed by atoms with Gasteiger partial charge >= 0.3 is 0 Å². The van der Waals surface area contributed by atoms with E-state index in [1.807, 2.05) is 66.7 Å². The number of furan rings is 1. The van der Waals surface area contributed by atoms with Crippen LogP contribution in [0.3, 0.4) is 0 Å². The molecular formula is C45H33N3O. The third-order valence-electron chi connectivity index (χ3n) is 9.09. The van der Waals surface area contributed by atoms with Crippen molar-refractivity contribution in [3.8, 4) is 0 Å². The van der Waals surface area contributed by atoms with Crippen LogP contribution in [-0.2, 0) is 6.54 Å². The van der Waals surface area contributed by atoms with Crippen molar-refractivity contribution < 1.29 is 4.42 Å². The number of fused-ring (bicyclic) bond motifs is 8. The molecule has 2 bridgehead atoms. The van der Waals surface area contributed by atoms with Crippen LogP contribution in [0, 0.1) is 0 Å². The Morgan fingerprint density at radius 3 is 2.20 bits per heavy atom. The van der Waals surface area contributed by atoms with Crippen LogP contribution < -0.4 is 0 Å². The zero-order valence-corrected chi connectivity index (χ0v) is 27.0. The zero-order chi connectivity index (χ0) is 33.2. The van der Waals surface area contributed by atoms with E-state index in [4.69, 9.17) is 14.4 Å². The number of aliphatic imine (C=N–C) groups is 3. The molecule has 0 N–H and O–H groups in total. The third kappa shape index (κ3) is 5.85. The maximum absolute atomic E-state index is 6.50. The van der Waals surface area contributed by atoms with Gasteiger partial charge in [-0.25, -0.2) is 9.98 Å². The summed E-state index contributed by atoms with van der Waals surface area (Å²) >= 11 is 0. The van der Waals surface area contributed by atoms with Gasteiger partial charge in [0.25, 0.3) is 0 Å². The van der Waals surface area contributed by atoms with Gasteiger partial charge in [0.1, 0.15) is 11.2 Å². The van der Waals surface area contributed by atoms with Crippen molar-refractivity contribution in [3.63, 3.8) is 0 Å². The maximum atomic E-state index is 6.50. The summed E-state index contributed by atoms with van der Waals surface area (Å²) in [5.41, 5.74) is 12.6. The monoisotopic (exact) mass is 631 g/mol. The first kappa shape index (κ1) is 30.0. The standard InChI is InChI=1S/C45H33N3O/c1-30-13-11-18-33-27-34(38-20-10-9-19-37(33)38)23-25-36(30)35-24-26-39-42(28-35)49-41-22-12-21-40(43(39)41)45(46-2)48-44(32-16-7-4-8-17-32)47-29-31-14-5-3-6-15-31/h3-26,28H,1-2,27,29H2/b13-11-,33-18+,34-23+,36-25+,47-44-,48-45-. The third-order valence-corrected chi connectivity index (χ3v) is 9.09. The second kappa shape index (κ2) is 13.0. The molecule has 0 saturated carbocycles. The van der Waals surface area contributed by atoms with E-state index >= 15 is 0 Å². The first-order valence-electron chi connectivity index (χ1n) is 16.4. The second-order valence-corrected chi connectivity index (χ2v) is 12.1. The summed E-state index contributed by atoms with van der Waals surface area (Å²) in [4.78, 5) is 14.4. The fourth-order valence-electron chi connectivity index (χ4n) is 6.67. The molecule has 49 heavy (non-hydrogen) atoms. The highest BCUT2D eigenvalue weighted by atomic mass is 16.3. The van der Waals surface area contributed by atoms with Crippen molar-refractivity contribution in [3.05, 3.63) is 197 Å². The number of amidine groups is 2. The van der Waals surface area contributed by atoms with Crippen molar-refractivity contribution in [2.45, 2.75) is 13.0 Å². The van der Waals surface area contributed by atoms with Gasteiger partial charge in [-0.2, -0.15) is 0 Å². The van der Waals surface area contributed by atoms with Crippen LogP contribution >= 0.6 is 0 Å². The number of hydrogen-bond acceptors (Lipinski definition) is 2. The van der Waals surface area contributed by atoms with Gasteiger partial charge in [-0.1, -0.05) is 140 Å². The average Bonchev–Trinajstić information content (AvgIpc) is 3.70. The molecule has 0 aliphatic heterocycles. The molecule has 0 atom stereocenters. The maximum Gasteiger partial charge on any atom is 0.161 e. The van der Waals surface area contributed by atoms with Crippen LogP contribution in [0.2, 0.25) is 0 Å². The van der Waals surface area contributed by atoms with Gasteiger partial charge in [-0.3, -0.25) is 4.99 Å². The Bertz CT molecular complexity index is 2450. The molecule has 6 aromatic rings. The second-order valence-electron chi connectivity index (χ2n) is 12.1. The van der Waals surface area contributed by atoms with Crippen molar-refractivity contribution >= 4 is 57.0 Å². The molecule has 0 amide bonds. The minimum Gasteiger partial charge on any atom is -0.456 e. The van der Waals surface area contributed by atoms with Crippen LogP contribution in [0.15, 0.2) is 183 Å². The van der Waals surface area contributed by atoms with E-state index in [9.17, 15) is 0 Å². The molecule has 0 saturated heterocycles. The van der Waals surface area contributed by atoms with Gasteiger partial charge in [-0.15, -0.1) is 0 Å². The smallest absolute Gasteiger partial charge is 0.161 e. The molecule has 5 aromatic carbocycles. The van der Waals surface area contributed by atoms with Crippen molar-refractivity contribution in [1.29, 1.82) is 0 Å². The van der Waals surface area contributed by atoms with E-state index in [0.29, 0.717) is 18.2 Å². The Morgan fingerprint density at radius 2 is 1.43 bits per heavy atom. The molecule has 1 aromatic heterocycles. The van der Waals surface area contributed by atoms with E-state index in [0.717, 1.165) is 61.8 Å². The fraction of sp³-hybridized carbons (Fsp3) is 0.0444. The molecule has 1 heterocycles. The summed E-state index contributed by atoms with van der Waals surface area (Å²) in [6.45, 7) is 8.85. The van der Waals surface area contributed by atoms with Crippen LogP contribution in [0.1, 0.15) is 39.8 Å². The number of rotatable bonds is 5. The van der Waals surface area contributed by atoms with E-state index in [1.165, 1.54) is 22.3 Å². The predicted molar refractivity (Wildman–Crippen MR) is 206 cm³/mol. The first-order chi connectivity index (χ1) is 24.2. The van der Waals surface area contributed by atoms with Gasteiger partial charge in [0.2, 0.25) is 0 Å². The minimum atomic E-state index is 0.484. The van der Waals surface area contributed by atoms with Crippen LogP contribution in [0.4, 0.5) is 0 Å². The zero-order valence-electron chi connectivity index (χ0n) is 27.0. The molecule has 2 aliphatic carbocycles. The van der Waals surface area contributed by atoms with E-state index in [1.54, 1.807) is 0 Å². The van der Waals surface area contributed by atoms with Crippen LogP contribution in [-0.4, -0.2) is 18.4 Å². The SMILES string of the molecule is C=N/C(=N\C(=N/Cc1ccccc1)c1ccccc1)c1cccc2oc3cc(/C4=C/C=C5\C/C(=C\C=C/C4=C)c4ccccc45)ccc3c12. The summed E-state index contributed by atoms with van der Waals surface area (Å²) in [6, 6.07) is 41.1. The van der Waals surface area contributed by atoms with Gasteiger partial charge in [-0.05, 0) is 75.9 Å². The Labute approximate surface area is 285 Å². The van der Waals surface area contributed by atoms with E-state index < -0.39 is 0 Å². The molecule has 0 fully saturated rings. The molecule has 4 heteroatoms. The number of nitrogens with zero attached hydrogens (tertiary/aromatic N) is 3. The lowest BCUT2D eigenvalue weighted by Gasteiger charge is -2.09. The van der Waals surface area contributed by atoms with Gasteiger partial charge < -0.3 is 4.42 Å². The highest BCUT2D eigenvalue weighted by Crippen LogP contribution is 2.42. The highest BCUT2D eigenvalue weighted by Gasteiger charge is 2.21. The Hall–Kier alpha value is -6.39. The highest BCUT2D eigenvalue weighted by molar-refractivity contribution is 6.22. The normalized spacial score (nSPS) is 18.6. The van der Waals surface area contributed by atoms with Gasteiger partial charge in [0.05, 0.1) is 6.54 Å². The Balaban J connectivity index is 1.21. The quantitative estimate of drug-likeness (QED) is 0.138. The van der Waals surface area contributed by atoms with Crippen LogP contribution in [0.5, 0.6) is 0 Å². The van der Waals surface area contributed by atoms with Crippen molar-refractivity contribution in [2.75, 3.05) is 0 Å². The summed E-state index contributed by atoms with van der Waals surface area (Å²) in [5, 5.41) is 1.91. The first-order valence-corrected chi connectivity index (χ1v) is 16.4. The lowest BCUT2D eigenvalue weighted by Crippen LogP contribution is -2.06. The molecule has 4 nitrogen and oxygen atoms in total. The molecule has 8 rings (SSSR count). The predicted octanol–water partition coefficient (Wildman–Crippen LogP) is 11.1. The van der Waals surface area contributed by atoms with Gasteiger partial charge in [0, 0.05) is 21.9 Å². The number of allylic oxidation sites excluding steroid dienone is 9. The lowest BCUT2D eigenvalue weighted by molar-refractivity contribution is 0.669. The average molecular weight is 632 g/mol.